The largest absolute Gasteiger partial charge is 0.322 e. The summed E-state index contributed by atoms with van der Waals surface area (Å²) in [4.78, 5) is 11.9. The molecule has 0 saturated carbocycles. The lowest BCUT2D eigenvalue weighted by Crippen LogP contribution is -2.16. The molecule has 0 aromatic heterocycles. The van der Waals surface area contributed by atoms with Crippen LogP contribution in [0.3, 0.4) is 0 Å². The van der Waals surface area contributed by atoms with Crippen molar-refractivity contribution in [1.82, 2.24) is 5.32 Å². The van der Waals surface area contributed by atoms with Crippen LogP contribution < -0.4 is 10.6 Å². The summed E-state index contributed by atoms with van der Waals surface area (Å²) in [5.74, 6) is -4.52. The van der Waals surface area contributed by atoms with Crippen LogP contribution in [0.1, 0.15) is 15.9 Å². The van der Waals surface area contributed by atoms with Gasteiger partial charge in [-0.25, -0.2) is 13.2 Å². The summed E-state index contributed by atoms with van der Waals surface area (Å²) in [5.41, 5.74) is 0.488. The Morgan fingerprint density at radius 1 is 1.10 bits per heavy atom. The molecule has 0 radical (unpaired) electrons. The lowest BCUT2D eigenvalue weighted by Gasteiger charge is -2.09. The minimum atomic E-state index is -1.24. The second kappa shape index (κ2) is 6.41. The van der Waals surface area contributed by atoms with E-state index in [0.29, 0.717) is 24.4 Å². The van der Waals surface area contributed by atoms with Gasteiger partial charge in [-0.2, -0.15) is 0 Å². The smallest absolute Gasteiger partial charge is 0.261 e. The Kier molecular flexibility index (Phi) is 4.59. The third kappa shape index (κ3) is 3.61. The average Bonchev–Trinajstić information content (AvgIpc) is 2.38. The van der Waals surface area contributed by atoms with Gasteiger partial charge in [0.05, 0.1) is 0 Å². The van der Waals surface area contributed by atoms with Crippen LogP contribution in [0.5, 0.6) is 0 Å². The van der Waals surface area contributed by atoms with Crippen LogP contribution in [0.25, 0.3) is 0 Å². The van der Waals surface area contributed by atoms with Crippen LogP contribution in [-0.4, -0.2) is 13.0 Å². The van der Waals surface area contributed by atoms with Crippen molar-refractivity contribution in [1.29, 1.82) is 0 Å². The van der Waals surface area contributed by atoms with Gasteiger partial charge in [-0.1, -0.05) is 12.1 Å². The highest BCUT2D eigenvalue weighted by Gasteiger charge is 2.19. The highest BCUT2D eigenvalue weighted by Crippen LogP contribution is 2.17. The molecule has 1 amide bonds. The molecule has 0 atom stereocenters. The Hall–Kier alpha value is -2.34. The second-order valence-corrected chi connectivity index (χ2v) is 4.43. The lowest BCUT2D eigenvalue weighted by molar-refractivity contribution is 0.101. The van der Waals surface area contributed by atoms with E-state index in [-0.39, 0.29) is 0 Å². The fraction of sp³-hybridized carbons (Fsp3) is 0.133. The zero-order valence-corrected chi connectivity index (χ0v) is 11.2. The van der Waals surface area contributed by atoms with Gasteiger partial charge in [0.15, 0.2) is 0 Å². The van der Waals surface area contributed by atoms with Crippen molar-refractivity contribution in [2.45, 2.75) is 6.54 Å². The molecule has 0 aliphatic carbocycles. The van der Waals surface area contributed by atoms with Gasteiger partial charge in [0.1, 0.15) is 23.0 Å². The van der Waals surface area contributed by atoms with E-state index in [0.717, 1.165) is 5.56 Å². The number of amides is 1. The van der Waals surface area contributed by atoms with Crippen LogP contribution in [0.2, 0.25) is 0 Å². The molecule has 0 fully saturated rings. The van der Waals surface area contributed by atoms with Crippen LogP contribution in [0.4, 0.5) is 18.9 Å². The number of carbonyl (C=O) groups excluding carboxylic acids is 1. The molecular weight excluding hydrogens is 281 g/mol. The van der Waals surface area contributed by atoms with Gasteiger partial charge < -0.3 is 10.6 Å². The van der Waals surface area contributed by atoms with E-state index >= 15 is 0 Å². The number of nitrogens with one attached hydrogen (secondary N) is 2. The first kappa shape index (κ1) is 15.1. The van der Waals surface area contributed by atoms with Gasteiger partial charge in [-0.05, 0) is 24.7 Å². The molecule has 0 spiro atoms. The molecule has 2 N–H and O–H groups in total. The number of hydrogen-bond donors (Lipinski definition) is 2. The fourth-order valence-corrected chi connectivity index (χ4v) is 1.92. The summed E-state index contributed by atoms with van der Waals surface area (Å²) >= 11 is 0. The van der Waals surface area contributed by atoms with Crippen molar-refractivity contribution in [3.63, 3.8) is 0 Å². The summed E-state index contributed by atoms with van der Waals surface area (Å²) in [6.07, 6.45) is 0. The van der Waals surface area contributed by atoms with E-state index in [1.807, 2.05) is 6.07 Å². The predicted octanol–water partition coefficient (Wildman–Crippen LogP) is 3.08. The van der Waals surface area contributed by atoms with E-state index < -0.39 is 28.9 Å². The molecule has 6 heteroatoms. The topological polar surface area (TPSA) is 41.1 Å². The Labute approximate surface area is 119 Å². The number of carbonyl (C=O) groups is 1. The molecule has 0 bridgehead atoms. The first-order valence-corrected chi connectivity index (χ1v) is 6.20. The van der Waals surface area contributed by atoms with E-state index in [2.05, 4.69) is 10.6 Å². The van der Waals surface area contributed by atoms with Crippen LogP contribution in [-0.2, 0) is 6.54 Å². The monoisotopic (exact) mass is 294 g/mol. The average molecular weight is 294 g/mol. The number of halogens is 3. The second-order valence-electron chi connectivity index (χ2n) is 4.43. The Morgan fingerprint density at radius 3 is 2.38 bits per heavy atom. The number of anilines is 1. The van der Waals surface area contributed by atoms with Crippen molar-refractivity contribution in [2.75, 3.05) is 12.4 Å². The SMILES string of the molecule is CNCc1cccc(NC(=O)c2c(F)cc(F)cc2F)c1. The summed E-state index contributed by atoms with van der Waals surface area (Å²) in [6, 6.07) is 7.75. The van der Waals surface area contributed by atoms with Gasteiger partial charge in [0.25, 0.3) is 5.91 Å². The predicted molar refractivity (Wildman–Crippen MR) is 73.5 cm³/mol. The molecule has 0 heterocycles. The Morgan fingerprint density at radius 2 is 1.76 bits per heavy atom. The summed E-state index contributed by atoms with van der Waals surface area (Å²) in [5, 5.41) is 5.34. The van der Waals surface area contributed by atoms with Crippen LogP contribution >= 0.6 is 0 Å². The van der Waals surface area contributed by atoms with Gasteiger partial charge in [-0.15, -0.1) is 0 Å². The van der Waals surface area contributed by atoms with Crippen molar-refractivity contribution in [3.8, 4) is 0 Å². The zero-order valence-electron chi connectivity index (χ0n) is 11.2. The summed E-state index contributed by atoms with van der Waals surface area (Å²) < 4.78 is 39.8. The molecule has 110 valence electrons. The molecule has 0 aliphatic rings. The number of benzene rings is 2. The standard InChI is InChI=1S/C15H13F3N2O/c1-19-8-9-3-2-4-11(5-9)20-15(21)14-12(17)6-10(16)7-13(14)18/h2-7,19H,8H2,1H3,(H,20,21). The minimum Gasteiger partial charge on any atom is -0.322 e. The quantitative estimate of drug-likeness (QED) is 0.910. The zero-order chi connectivity index (χ0) is 15.4. The van der Waals surface area contributed by atoms with E-state index in [1.54, 1.807) is 25.2 Å². The Bertz CT molecular complexity index is 651. The third-order valence-corrected chi connectivity index (χ3v) is 2.80. The van der Waals surface area contributed by atoms with Crippen LogP contribution in [0, 0.1) is 17.5 Å². The van der Waals surface area contributed by atoms with Crippen molar-refractivity contribution in [3.05, 3.63) is 65.0 Å². The molecule has 0 saturated heterocycles. The van der Waals surface area contributed by atoms with E-state index in [1.165, 1.54) is 0 Å². The van der Waals surface area contributed by atoms with Crippen molar-refractivity contribution in [2.24, 2.45) is 0 Å². The molecule has 2 rings (SSSR count). The van der Waals surface area contributed by atoms with Gasteiger partial charge in [-0.3, -0.25) is 4.79 Å². The molecule has 2 aromatic rings. The maximum Gasteiger partial charge on any atom is 0.261 e. The third-order valence-electron chi connectivity index (χ3n) is 2.80. The molecular formula is C15H13F3N2O. The van der Waals surface area contributed by atoms with Gasteiger partial charge in [0, 0.05) is 24.4 Å². The highest BCUT2D eigenvalue weighted by atomic mass is 19.1. The van der Waals surface area contributed by atoms with E-state index in [9.17, 15) is 18.0 Å². The fourth-order valence-electron chi connectivity index (χ4n) is 1.92. The van der Waals surface area contributed by atoms with Gasteiger partial charge in [0.2, 0.25) is 0 Å². The Balaban J connectivity index is 2.24. The summed E-state index contributed by atoms with van der Waals surface area (Å²) in [7, 11) is 1.77. The normalized spacial score (nSPS) is 10.5. The minimum absolute atomic E-state index is 0.399. The van der Waals surface area contributed by atoms with Crippen molar-refractivity contribution >= 4 is 11.6 Å². The maximum absolute atomic E-state index is 13.5. The lowest BCUT2D eigenvalue weighted by atomic mass is 10.1. The van der Waals surface area contributed by atoms with Gasteiger partial charge >= 0.3 is 0 Å². The maximum atomic E-state index is 13.5. The summed E-state index contributed by atoms with van der Waals surface area (Å²) in [6.45, 7) is 0.586. The first-order chi connectivity index (χ1) is 10.0. The number of rotatable bonds is 4. The van der Waals surface area contributed by atoms with Crippen LogP contribution in [0.15, 0.2) is 36.4 Å². The highest BCUT2D eigenvalue weighted by molar-refractivity contribution is 6.04. The number of hydrogen-bond acceptors (Lipinski definition) is 2. The molecule has 2 aromatic carbocycles. The van der Waals surface area contributed by atoms with E-state index in [4.69, 9.17) is 0 Å². The molecule has 0 aliphatic heterocycles. The molecule has 0 unspecified atom stereocenters. The molecule has 21 heavy (non-hydrogen) atoms. The first-order valence-electron chi connectivity index (χ1n) is 6.20. The molecule has 3 nitrogen and oxygen atoms in total. The van der Waals surface area contributed by atoms with Crippen molar-refractivity contribution < 1.29 is 18.0 Å².